The minimum Gasteiger partial charge on any atom is -0.356 e. The Hall–Kier alpha value is -1.15. The van der Waals surface area contributed by atoms with E-state index >= 15 is 0 Å². The van der Waals surface area contributed by atoms with Gasteiger partial charge < -0.3 is 9.84 Å². The van der Waals surface area contributed by atoms with Gasteiger partial charge in [0.15, 0.2) is 5.58 Å². The lowest BCUT2D eigenvalue weighted by atomic mass is 10.2. The van der Waals surface area contributed by atoms with Crippen LogP contribution in [-0.2, 0) is 15.8 Å². The maximum atomic E-state index is 12.2. The number of hydrogen-bond donors (Lipinski definition) is 1. The number of para-hydroxylation sites is 1. The van der Waals surface area contributed by atoms with Crippen LogP contribution in [0.25, 0.3) is 11.0 Å². The highest BCUT2D eigenvalue weighted by Crippen LogP contribution is 2.20. The normalized spacial score (nSPS) is 11.8. The van der Waals surface area contributed by atoms with Gasteiger partial charge in [-0.3, -0.25) is 0 Å². The van der Waals surface area contributed by atoms with Crippen LogP contribution in [0.2, 0.25) is 0 Å². The topological polar surface area (TPSA) is 75.4 Å². The van der Waals surface area contributed by atoms with Crippen LogP contribution >= 0.6 is 12.4 Å². The molecule has 8 heteroatoms. The van der Waals surface area contributed by atoms with Gasteiger partial charge >= 0.3 is 0 Å². The molecule has 0 spiro atoms. The molecule has 0 amide bonds. The second-order valence-electron chi connectivity index (χ2n) is 4.31. The lowest BCUT2D eigenvalue weighted by Crippen LogP contribution is -2.33. The minimum atomic E-state index is -3.38. The fourth-order valence-corrected chi connectivity index (χ4v) is 2.88. The summed E-state index contributed by atoms with van der Waals surface area (Å²) in [7, 11) is -0.0284. The van der Waals surface area contributed by atoms with E-state index in [1.54, 1.807) is 20.2 Å². The van der Waals surface area contributed by atoms with Gasteiger partial charge in [-0.05, 0) is 19.2 Å². The third-order valence-electron chi connectivity index (χ3n) is 2.92. The fraction of sp³-hybridized carbons (Fsp3) is 0.417. The Morgan fingerprint density at radius 3 is 2.75 bits per heavy atom. The van der Waals surface area contributed by atoms with Crippen LogP contribution in [0.4, 0.5) is 0 Å². The van der Waals surface area contributed by atoms with Gasteiger partial charge in [-0.25, -0.2) is 12.7 Å². The molecule has 1 heterocycles. The van der Waals surface area contributed by atoms with Gasteiger partial charge in [0.25, 0.3) is 0 Å². The maximum absolute atomic E-state index is 12.2. The van der Waals surface area contributed by atoms with Crippen LogP contribution in [-0.4, -0.2) is 45.1 Å². The molecule has 0 saturated carbocycles. The van der Waals surface area contributed by atoms with Crippen molar-refractivity contribution in [2.24, 2.45) is 0 Å². The van der Waals surface area contributed by atoms with Crippen molar-refractivity contribution in [1.82, 2.24) is 14.8 Å². The Morgan fingerprint density at radius 2 is 2.05 bits per heavy atom. The van der Waals surface area contributed by atoms with Gasteiger partial charge in [0, 0.05) is 25.5 Å². The summed E-state index contributed by atoms with van der Waals surface area (Å²) in [6, 6.07) is 7.23. The highest BCUT2D eigenvalue weighted by molar-refractivity contribution is 7.88. The number of sulfonamides is 1. The number of rotatable bonds is 6. The molecular formula is C12H18ClN3O3S. The molecular weight excluding hydrogens is 302 g/mol. The van der Waals surface area contributed by atoms with E-state index in [1.165, 1.54) is 4.31 Å². The van der Waals surface area contributed by atoms with Gasteiger partial charge in [-0.15, -0.1) is 12.4 Å². The molecule has 0 saturated heterocycles. The summed E-state index contributed by atoms with van der Waals surface area (Å²) in [5, 5.41) is 7.51. The first-order valence-electron chi connectivity index (χ1n) is 5.96. The van der Waals surface area contributed by atoms with E-state index in [2.05, 4.69) is 10.5 Å². The molecule has 112 valence electrons. The largest absolute Gasteiger partial charge is 0.356 e. The Bertz CT molecular complexity index is 657. The van der Waals surface area contributed by atoms with E-state index < -0.39 is 10.0 Å². The van der Waals surface area contributed by atoms with E-state index in [9.17, 15) is 8.42 Å². The summed E-state index contributed by atoms with van der Waals surface area (Å²) in [4.78, 5) is 0. The molecule has 0 atom stereocenters. The first-order chi connectivity index (χ1) is 9.04. The molecule has 20 heavy (non-hydrogen) atoms. The number of halogens is 1. The first kappa shape index (κ1) is 16.9. The number of hydrogen-bond acceptors (Lipinski definition) is 5. The van der Waals surface area contributed by atoms with Crippen LogP contribution in [0.1, 0.15) is 5.69 Å². The van der Waals surface area contributed by atoms with Gasteiger partial charge in [0.05, 0.1) is 0 Å². The lowest BCUT2D eigenvalue weighted by Gasteiger charge is -2.15. The molecule has 0 fully saturated rings. The highest BCUT2D eigenvalue weighted by atomic mass is 35.5. The summed E-state index contributed by atoms with van der Waals surface area (Å²) in [6.07, 6.45) is 0. The molecule has 2 aromatic rings. The van der Waals surface area contributed by atoms with Crippen molar-refractivity contribution in [2.45, 2.75) is 5.75 Å². The van der Waals surface area contributed by atoms with Crippen molar-refractivity contribution >= 4 is 33.4 Å². The van der Waals surface area contributed by atoms with Crippen LogP contribution < -0.4 is 5.32 Å². The lowest BCUT2D eigenvalue weighted by molar-refractivity contribution is 0.442. The second-order valence-corrected chi connectivity index (χ2v) is 6.38. The maximum Gasteiger partial charge on any atom is 0.219 e. The number of nitrogens with one attached hydrogen (secondary N) is 1. The Kier molecular flexibility index (Phi) is 5.94. The van der Waals surface area contributed by atoms with Crippen LogP contribution in [0, 0.1) is 0 Å². The Balaban J connectivity index is 0.00000200. The average Bonchev–Trinajstić information content (AvgIpc) is 2.79. The summed E-state index contributed by atoms with van der Waals surface area (Å²) in [5.74, 6) is -0.149. The summed E-state index contributed by atoms with van der Waals surface area (Å²) >= 11 is 0. The van der Waals surface area contributed by atoms with E-state index in [0.717, 1.165) is 5.39 Å². The van der Waals surface area contributed by atoms with Crippen molar-refractivity contribution in [2.75, 3.05) is 27.2 Å². The molecule has 1 aromatic heterocycles. The van der Waals surface area contributed by atoms with Gasteiger partial charge in [-0.1, -0.05) is 17.3 Å². The molecule has 0 bridgehead atoms. The van der Waals surface area contributed by atoms with Crippen LogP contribution in [0.5, 0.6) is 0 Å². The monoisotopic (exact) mass is 319 g/mol. The van der Waals surface area contributed by atoms with Gasteiger partial charge in [0.1, 0.15) is 11.4 Å². The second kappa shape index (κ2) is 7.03. The Labute approximate surface area is 124 Å². The molecule has 6 nitrogen and oxygen atoms in total. The number of aromatic nitrogens is 1. The smallest absolute Gasteiger partial charge is 0.219 e. The number of likely N-dealkylation sites (N-methyl/N-ethyl adjacent to an activating group) is 2. The van der Waals surface area contributed by atoms with E-state index in [1.807, 2.05) is 18.2 Å². The number of nitrogens with zero attached hydrogens (tertiary/aromatic N) is 2. The van der Waals surface area contributed by atoms with Crippen molar-refractivity contribution < 1.29 is 12.9 Å². The van der Waals surface area contributed by atoms with Gasteiger partial charge in [-0.2, -0.15) is 0 Å². The predicted molar refractivity (Wildman–Crippen MR) is 80.4 cm³/mol. The number of fused-ring (bicyclic) bond motifs is 1. The van der Waals surface area contributed by atoms with E-state index in [-0.39, 0.29) is 18.2 Å². The third kappa shape index (κ3) is 3.69. The standard InChI is InChI=1S/C12H17N3O3S.ClH/c1-13-7-8-15(2)19(16,17)9-11-10-5-3-4-6-12(10)18-14-11;/h3-6,13H,7-9H2,1-2H3;1H. The zero-order chi connectivity index (χ0) is 13.9. The van der Waals surface area contributed by atoms with E-state index in [0.29, 0.717) is 24.4 Å². The predicted octanol–water partition coefficient (Wildman–Crippen LogP) is 1.23. The van der Waals surface area contributed by atoms with Crippen LogP contribution in [0.3, 0.4) is 0 Å². The summed E-state index contributed by atoms with van der Waals surface area (Å²) < 4.78 is 30.8. The summed E-state index contributed by atoms with van der Waals surface area (Å²) in [5.41, 5.74) is 1.05. The molecule has 1 N–H and O–H groups in total. The van der Waals surface area contributed by atoms with Crippen molar-refractivity contribution in [3.63, 3.8) is 0 Å². The molecule has 0 aliphatic rings. The van der Waals surface area contributed by atoms with Crippen molar-refractivity contribution in [3.8, 4) is 0 Å². The van der Waals surface area contributed by atoms with E-state index in [4.69, 9.17) is 4.52 Å². The average molecular weight is 320 g/mol. The molecule has 0 radical (unpaired) electrons. The Morgan fingerprint density at radius 1 is 1.35 bits per heavy atom. The SMILES string of the molecule is CNCCN(C)S(=O)(=O)Cc1noc2ccccc12.Cl. The highest BCUT2D eigenvalue weighted by Gasteiger charge is 2.21. The summed E-state index contributed by atoms with van der Waals surface area (Å²) in [6.45, 7) is 1.03. The molecule has 0 aliphatic carbocycles. The molecule has 2 rings (SSSR count). The molecule has 0 aliphatic heterocycles. The molecule has 1 aromatic carbocycles. The van der Waals surface area contributed by atoms with Crippen LogP contribution in [0.15, 0.2) is 28.8 Å². The zero-order valence-corrected chi connectivity index (χ0v) is 13.0. The van der Waals surface area contributed by atoms with Crippen molar-refractivity contribution in [1.29, 1.82) is 0 Å². The minimum absolute atomic E-state index is 0. The zero-order valence-electron chi connectivity index (χ0n) is 11.4. The molecule has 0 unspecified atom stereocenters. The first-order valence-corrected chi connectivity index (χ1v) is 7.57. The quantitative estimate of drug-likeness (QED) is 0.866. The van der Waals surface area contributed by atoms with Gasteiger partial charge in [0.2, 0.25) is 10.0 Å². The van der Waals surface area contributed by atoms with Crippen molar-refractivity contribution in [3.05, 3.63) is 30.0 Å². The number of benzene rings is 1. The third-order valence-corrected chi connectivity index (χ3v) is 4.69. The fourth-order valence-electron chi connectivity index (χ4n) is 1.73.